The van der Waals surface area contributed by atoms with Crippen molar-refractivity contribution in [1.82, 2.24) is 10.3 Å². The third kappa shape index (κ3) is 6.45. The fourth-order valence-corrected chi connectivity index (χ4v) is 6.13. The van der Waals surface area contributed by atoms with Crippen LogP contribution in [0.2, 0.25) is 0 Å². The van der Waals surface area contributed by atoms with Crippen molar-refractivity contribution in [3.63, 3.8) is 0 Å². The van der Waals surface area contributed by atoms with E-state index in [-0.39, 0.29) is 28.8 Å². The smallest absolute Gasteiger partial charge is 0.246 e. The average molecular weight is 613 g/mol. The molecule has 3 aromatic carbocycles. The predicted octanol–water partition coefficient (Wildman–Crippen LogP) is 5.81. The van der Waals surface area contributed by atoms with Gasteiger partial charge in [-0.15, -0.1) is 0 Å². The number of aryl methyl sites for hydroxylation is 1. The molecule has 1 aliphatic rings. The van der Waals surface area contributed by atoms with Crippen LogP contribution in [0, 0.1) is 5.92 Å². The topological polar surface area (TPSA) is 131 Å². The highest BCUT2D eigenvalue weighted by Gasteiger charge is 2.30. The second-order valence-electron chi connectivity index (χ2n) is 11.7. The summed E-state index contributed by atoms with van der Waals surface area (Å²) < 4.78 is 17.2. The number of hydrogen-bond acceptors (Lipinski definition) is 7. The number of anilines is 2. The monoisotopic (exact) mass is 612 g/mol. The Bertz CT molecular complexity index is 1800. The molecule has 0 saturated carbocycles. The van der Waals surface area contributed by atoms with Gasteiger partial charge in [-0.3, -0.25) is 14.4 Å². The zero-order chi connectivity index (χ0) is 32.2. The lowest BCUT2D eigenvalue weighted by Crippen LogP contribution is -2.37. The number of H-pyrrole nitrogens is 1. The second kappa shape index (κ2) is 13.3. The van der Waals surface area contributed by atoms with Crippen LogP contribution in [0.1, 0.15) is 50.8 Å². The Labute approximate surface area is 262 Å². The van der Waals surface area contributed by atoms with Crippen LogP contribution in [0.5, 0.6) is 17.2 Å². The molecule has 1 heterocycles. The summed E-state index contributed by atoms with van der Waals surface area (Å²) in [5.74, 6) is 1.15. The fourth-order valence-electron chi connectivity index (χ4n) is 6.13. The van der Waals surface area contributed by atoms with Gasteiger partial charge in [0, 0.05) is 29.6 Å². The van der Waals surface area contributed by atoms with Crippen molar-refractivity contribution in [3.8, 4) is 28.4 Å². The van der Waals surface area contributed by atoms with Gasteiger partial charge in [-0.2, -0.15) is 0 Å². The number of aromatic amines is 1. The largest absolute Gasteiger partial charge is 0.493 e. The van der Waals surface area contributed by atoms with Gasteiger partial charge >= 0.3 is 0 Å². The number of aromatic nitrogens is 1. The normalized spacial score (nSPS) is 14.5. The zero-order valence-corrected chi connectivity index (χ0v) is 26.5. The molecule has 5 rings (SSSR count). The SMILES string of the molecule is COc1cc2c(c(OC)c1OC)-c1ccc(N[C@@H](CC(C)C)C(=O)Nc3cccc4[nH]ccc34)c(=O)cc1[C@@H](NC(C)=O)CC2. The first-order valence-electron chi connectivity index (χ1n) is 15.1. The van der Waals surface area contributed by atoms with Gasteiger partial charge in [0.25, 0.3) is 0 Å². The Morgan fingerprint density at radius 1 is 0.978 bits per heavy atom. The predicted molar refractivity (Wildman–Crippen MR) is 176 cm³/mol. The molecule has 4 N–H and O–H groups in total. The van der Waals surface area contributed by atoms with Gasteiger partial charge in [-0.25, -0.2) is 0 Å². The minimum Gasteiger partial charge on any atom is -0.493 e. The van der Waals surface area contributed by atoms with Gasteiger partial charge in [-0.1, -0.05) is 26.0 Å². The van der Waals surface area contributed by atoms with E-state index in [1.165, 1.54) is 6.92 Å². The third-order valence-electron chi connectivity index (χ3n) is 8.12. The number of carbonyl (C=O) groups is 2. The van der Waals surface area contributed by atoms with E-state index in [4.69, 9.17) is 14.2 Å². The Morgan fingerprint density at radius 3 is 2.44 bits per heavy atom. The van der Waals surface area contributed by atoms with Crippen molar-refractivity contribution in [2.45, 2.75) is 52.1 Å². The molecule has 0 radical (unpaired) electrons. The number of fused-ring (bicyclic) bond motifs is 4. The van der Waals surface area contributed by atoms with E-state index in [2.05, 4.69) is 20.9 Å². The Morgan fingerprint density at radius 2 is 1.76 bits per heavy atom. The molecular weight excluding hydrogens is 572 g/mol. The van der Waals surface area contributed by atoms with Crippen molar-refractivity contribution in [2.75, 3.05) is 32.0 Å². The van der Waals surface area contributed by atoms with Crippen molar-refractivity contribution in [3.05, 3.63) is 76.1 Å². The summed E-state index contributed by atoms with van der Waals surface area (Å²) in [6.07, 6.45) is 3.47. The molecule has 236 valence electrons. The number of methoxy groups -OCH3 is 3. The summed E-state index contributed by atoms with van der Waals surface area (Å²) in [4.78, 5) is 43.0. The first-order chi connectivity index (χ1) is 21.6. The highest BCUT2D eigenvalue weighted by molar-refractivity contribution is 6.04. The lowest BCUT2D eigenvalue weighted by atomic mass is 9.95. The molecule has 2 amide bonds. The molecule has 1 aliphatic carbocycles. The maximum Gasteiger partial charge on any atom is 0.246 e. The van der Waals surface area contributed by atoms with Crippen LogP contribution >= 0.6 is 0 Å². The number of hydrogen-bond donors (Lipinski definition) is 4. The fraction of sp³-hybridized carbons (Fsp3) is 0.343. The molecule has 1 aromatic heterocycles. The summed E-state index contributed by atoms with van der Waals surface area (Å²) in [7, 11) is 4.67. The van der Waals surface area contributed by atoms with E-state index in [0.717, 1.165) is 22.0 Å². The quantitative estimate of drug-likeness (QED) is 0.178. The molecule has 0 fully saturated rings. The van der Waals surface area contributed by atoms with Crippen molar-refractivity contribution < 1.29 is 23.8 Å². The van der Waals surface area contributed by atoms with E-state index in [9.17, 15) is 14.4 Å². The minimum absolute atomic E-state index is 0.170. The van der Waals surface area contributed by atoms with Crippen LogP contribution in [0.15, 0.2) is 59.5 Å². The van der Waals surface area contributed by atoms with Gasteiger partial charge < -0.3 is 35.1 Å². The van der Waals surface area contributed by atoms with Crippen LogP contribution in [0.25, 0.3) is 22.0 Å². The Balaban J connectivity index is 1.61. The van der Waals surface area contributed by atoms with E-state index in [1.54, 1.807) is 33.5 Å². The summed E-state index contributed by atoms with van der Waals surface area (Å²) in [6, 6.07) is 13.5. The van der Waals surface area contributed by atoms with Crippen LogP contribution < -0.4 is 35.6 Å². The first kappa shape index (κ1) is 31.4. The highest BCUT2D eigenvalue weighted by Crippen LogP contribution is 2.50. The minimum atomic E-state index is -0.688. The molecule has 0 bridgehead atoms. The summed E-state index contributed by atoms with van der Waals surface area (Å²) in [5, 5.41) is 10.2. The van der Waals surface area contributed by atoms with Gasteiger partial charge in [0.1, 0.15) is 6.04 Å². The number of amides is 2. The van der Waals surface area contributed by atoms with Gasteiger partial charge in [0.15, 0.2) is 11.5 Å². The third-order valence-corrected chi connectivity index (χ3v) is 8.12. The molecule has 0 unspecified atom stereocenters. The summed E-state index contributed by atoms with van der Waals surface area (Å²) >= 11 is 0. The van der Waals surface area contributed by atoms with Crippen LogP contribution in [0.4, 0.5) is 11.4 Å². The average Bonchev–Trinajstić information content (AvgIpc) is 3.38. The Hall–Kier alpha value is -4.99. The van der Waals surface area contributed by atoms with Crippen molar-refractivity contribution in [1.29, 1.82) is 0 Å². The number of ether oxygens (including phenoxy) is 3. The van der Waals surface area contributed by atoms with Gasteiger partial charge in [0.2, 0.25) is 23.0 Å². The highest BCUT2D eigenvalue weighted by atomic mass is 16.5. The Kier molecular flexibility index (Phi) is 9.32. The summed E-state index contributed by atoms with van der Waals surface area (Å²) in [6.45, 7) is 5.52. The molecule has 10 nitrogen and oxygen atoms in total. The number of carbonyl (C=O) groups excluding carboxylic acids is 2. The van der Waals surface area contributed by atoms with Crippen molar-refractivity contribution in [2.24, 2.45) is 5.92 Å². The molecule has 45 heavy (non-hydrogen) atoms. The van der Waals surface area contributed by atoms with E-state index in [0.29, 0.717) is 53.3 Å². The van der Waals surface area contributed by atoms with Gasteiger partial charge in [-0.05, 0) is 78.3 Å². The van der Waals surface area contributed by atoms with Crippen LogP contribution in [0.3, 0.4) is 0 Å². The number of rotatable bonds is 10. The molecule has 10 heteroatoms. The van der Waals surface area contributed by atoms with Crippen LogP contribution in [-0.4, -0.2) is 44.2 Å². The van der Waals surface area contributed by atoms with E-state index < -0.39 is 12.1 Å². The van der Waals surface area contributed by atoms with Gasteiger partial charge in [0.05, 0.1) is 38.7 Å². The second-order valence-corrected chi connectivity index (χ2v) is 11.7. The molecule has 0 aliphatic heterocycles. The maximum absolute atomic E-state index is 13.9. The standard InChI is InChI=1S/C35H40N4O6/c1-19(2)16-29(35(42)39-26-9-7-8-25-23(26)14-15-36-25)38-28-13-11-22-24(18-30(28)41)27(37-20(3)40)12-10-21-17-31(43-4)33(44-5)34(45-6)32(21)22/h7-9,11,13-15,17-19,27,29,36H,10,12,16H2,1-6H3,(H,37,40)(H,38,41)(H,39,42)/t27-,29-/m0/s1. The molecule has 2 atom stereocenters. The van der Waals surface area contributed by atoms with Crippen molar-refractivity contribution >= 4 is 34.1 Å². The molecule has 4 aromatic rings. The zero-order valence-electron chi connectivity index (χ0n) is 26.5. The number of benzene rings is 2. The summed E-state index contributed by atoms with van der Waals surface area (Å²) in [5.41, 5.74) is 4.63. The lowest BCUT2D eigenvalue weighted by molar-refractivity contribution is -0.120. The van der Waals surface area contributed by atoms with Crippen LogP contribution in [-0.2, 0) is 16.0 Å². The maximum atomic E-state index is 13.9. The molecule has 0 spiro atoms. The molecule has 0 saturated heterocycles. The van der Waals surface area contributed by atoms with E-state index >= 15 is 0 Å². The van der Waals surface area contributed by atoms with E-state index in [1.807, 2.05) is 56.4 Å². The number of nitrogens with one attached hydrogen (secondary N) is 4. The molecular formula is C35H40N4O6. The lowest BCUT2D eigenvalue weighted by Gasteiger charge is -2.21. The first-order valence-corrected chi connectivity index (χ1v) is 15.1.